The van der Waals surface area contributed by atoms with Gasteiger partial charge in [0, 0.05) is 12.8 Å². The van der Waals surface area contributed by atoms with E-state index in [1.807, 2.05) is 0 Å². The molecule has 36 heavy (non-hydrogen) atoms. The molecule has 0 amide bonds. The van der Waals surface area contributed by atoms with E-state index in [0.29, 0.717) is 49.7 Å². The van der Waals surface area contributed by atoms with Crippen molar-refractivity contribution in [3.8, 4) is 0 Å². The molecule has 0 radical (unpaired) electrons. The topological polar surface area (TPSA) is 52.6 Å². The summed E-state index contributed by atoms with van der Waals surface area (Å²) in [5.74, 6) is 2.41. The van der Waals surface area contributed by atoms with Crippen molar-refractivity contribution in [1.82, 2.24) is 0 Å². The minimum absolute atomic E-state index is 0.0153. The van der Waals surface area contributed by atoms with Gasteiger partial charge in [-0.2, -0.15) is 0 Å². The molecular formula is C32H62O4. The van der Waals surface area contributed by atoms with Gasteiger partial charge in [-0.3, -0.25) is 9.59 Å². The average molecular weight is 511 g/mol. The van der Waals surface area contributed by atoms with E-state index in [1.54, 1.807) is 0 Å². The first-order valence-electron chi connectivity index (χ1n) is 15.5. The summed E-state index contributed by atoms with van der Waals surface area (Å²) in [5, 5.41) is 0. The predicted molar refractivity (Wildman–Crippen MR) is 153 cm³/mol. The van der Waals surface area contributed by atoms with E-state index in [-0.39, 0.29) is 11.9 Å². The number of carbonyl (C=O) groups is 2. The van der Waals surface area contributed by atoms with Crippen LogP contribution in [-0.4, -0.2) is 25.2 Å². The van der Waals surface area contributed by atoms with Crippen LogP contribution in [0.5, 0.6) is 0 Å². The van der Waals surface area contributed by atoms with Crippen molar-refractivity contribution in [3.63, 3.8) is 0 Å². The summed E-state index contributed by atoms with van der Waals surface area (Å²) in [4.78, 5) is 23.6. The zero-order chi connectivity index (χ0) is 27.0. The summed E-state index contributed by atoms with van der Waals surface area (Å²) in [5.41, 5.74) is 0. The SMILES string of the molecule is CC(C)CCOC(=O)CCCCCCCCCCCCCCC(CCC(=O)OCCC(C)C)C(C)C. The zero-order valence-electron chi connectivity index (χ0n) is 25.1. The van der Waals surface area contributed by atoms with Gasteiger partial charge in [0.15, 0.2) is 0 Å². The Bertz CT molecular complexity index is 512. The lowest BCUT2D eigenvalue weighted by atomic mass is 9.86. The first-order valence-corrected chi connectivity index (χ1v) is 15.5. The molecule has 4 heteroatoms. The lowest BCUT2D eigenvalue weighted by molar-refractivity contribution is -0.145. The van der Waals surface area contributed by atoms with Crippen molar-refractivity contribution in [1.29, 1.82) is 0 Å². The van der Waals surface area contributed by atoms with Gasteiger partial charge in [0.05, 0.1) is 13.2 Å². The molecule has 0 N–H and O–H groups in total. The van der Waals surface area contributed by atoms with Gasteiger partial charge in [-0.05, 0) is 49.4 Å². The van der Waals surface area contributed by atoms with E-state index < -0.39 is 0 Å². The number of hydrogen-bond donors (Lipinski definition) is 0. The van der Waals surface area contributed by atoms with Crippen LogP contribution in [0.15, 0.2) is 0 Å². The molecule has 0 bridgehead atoms. The highest BCUT2D eigenvalue weighted by Gasteiger charge is 2.15. The van der Waals surface area contributed by atoms with Crippen LogP contribution in [0.3, 0.4) is 0 Å². The van der Waals surface area contributed by atoms with Crippen LogP contribution in [0.25, 0.3) is 0 Å². The molecule has 0 heterocycles. The zero-order valence-corrected chi connectivity index (χ0v) is 25.1. The highest BCUT2D eigenvalue weighted by Crippen LogP contribution is 2.24. The Morgan fingerprint density at radius 2 is 0.861 bits per heavy atom. The number of hydrogen-bond acceptors (Lipinski definition) is 4. The molecule has 214 valence electrons. The molecule has 0 aliphatic rings. The molecule has 0 aromatic carbocycles. The number of unbranched alkanes of at least 4 members (excludes halogenated alkanes) is 11. The van der Waals surface area contributed by atoms with E-state index in [9.17, 15) is 9.59 Å². The van der Waals surface area contributed by atoms with Crippen LogP contribution in [0.4, 0.5) is 0 Å². The summed E-state index contributed by atoms with van der Waals surface area (Å²) in [6.07, 6.45) is 20.6. The number of esters is 2. The predicted octanol–water partition coefficient (Wildman–Crippen LogP) is 9.68. The van der Waals surface area contributed by atoms with Crippen molar-refractivity contribution < 1.29 is 19.1 Å². The molecule has 0 aromatic rings. The van der Waals surface area contributed by atoms with Gasteiger partial charge in [-0.25, -0.2) is 0 Å². The van der Waals surface area contributed by atoms with E-state index in [0.717, 1.165) is 32.1 Å². The molecule has 0 saturated heterocycles. The second-order valence-corrected chi connectivity index (χ2v) is 12.1. The molecular weight excluding hydrogens is 448 g/mol. The fraction of sp³-hybridized carbons (Fsp3) is 0.938. The monoisotopic (exact) mass is 510 g/mol. The summed E-state index contributed by atoms with van der Waals surface area (Å²) in [7, 11) is 0. The van der Waals surface area contributed by atoms with Crippen molar-refractivity contribution in [2.75, 3.05) is 13.2 Å². The molecule has 0 spiro atoms. The molecule has 0 aliphatic heterocycles. The van der Waals surface area contributed by atoms with Gasteiger partial charge in [-0.1, -0.05) is 119 Å². The second kappa shape index (κ2) is 24.3. The molecule has 0 aromatic heterocycles. The summed E-state index contributed by atoms with van der Waals surface area (Å²) in [6, 6.07) is 0. The van der Waals surface area contributed by atoms with E-state index >= 15 is 0 Å². The van der Waals surface area contributed by atoms with Crippen molar-refractivity contribution in [2.24, 2.45) is 23.7 Å². The molecule has 1 atom stereocenters. The molecule has 4 nitrogen and oxygen atoms in total. The summed E-state index contributed by atoms with van der Waals surface area (Å²) in [6.45, 7) is 14.3. The summed E-state index contributed by atoms with van der Waals surface area (Å²) >= 11 is 0. The Morgan fingerprint density at radius 1 is 0.472 bits per heavy atom. The van der Waals surface area contributed by atoms with Gasteiger partial charge in [0.1, 0.15) is 0 Å². The third kappa shape index (κ3) is 24.6. The minimum Gasteiger partial charge on any atom is -0.466 e. The van der Waals surface area contributed by atoms with Crippen LogP contribution < -0.4 is 0 Å². The fourth-order valence-electron chi connectivity index (χ4n) is 4.52. The van der Waals surface area contributed by atoms with Gasteiger partial charge < -0.3 is 9.47 Å². The van der Waals surface area contributed by atoms with Crippen molar-refractivity contribution in [2.45, 2.75) is 157 Å². The molecule has 1 unspecified atom stereocenters. The maximum absolute atomic E-state index is 12.0. The maximum Gasteiger partial charge on any atom is 0.305 e. The number of carbonyl (C=O) groups excluding carboxylic acids is 2. The highest BCUT2D eigenvalue weighted by molar-refractivity contribution is 5.69. The Hall–Kier alpha value is -1.06. The van der Waals surface area contributed by atoms with Crippen LogP contribution in [0, 0.1) is 23.7 Å². The lowest BCUT2D eigenvalue weighted by Gasteiger charge is -2.20. The Kier molecular flexibility index (Phi) is 23.6. The van der Waals surface area contributed by atoms with E-state index in [4.69, 9.17) is 9.47 Å². The van der Waals surface area contributed by atoms with E-state index in [2.05, 4.69) is 41.5 Å². The minimum atomic E-state index is -0.0207. The second-order valence-electron chi connectivity index (χ2n) is 12.1. The van der Waals surface area contributed by atoms with Crippen molar-refractivity contribution >= 4 is 11.9 Å². The van der Waals surface area contributed by atoms with Crippen LogP contribution in [0.1, 0.15) is 157 Å². The van der Waals surface area contributed by atoms with Crippen LogP contribution in [0.2, 0.25) is 0 Å². The average Bonchev–Trinajstić information content (AvgIpc) is 2.80. The number of rotatable bonds is 25. The Balaban J connectivity index is 3.51. The van der Waals surface area contributed by atoms with Gasteiger partial charge in [0.2, 0.25) is 0 Å². The number of ether oxygens (including phenoxy) is 2. The molecule has 0 saturated carbocycles. The Morgan fingerprint density at radius 3 is 1.28 bits per heavy atom. The smallest absolute Gasteiger partial charge is 0.305 e. The largest absolute Gasteiger partial charge is 0.466 e. The van der Waals surface area contributed by atoms with Gasteiger partial charge in [-0.15, -0.1) is 0 Å². The standard InChI is InChI=1S/C32H62O4/c1-27(2)23-25-35-31(33)20-18-16-14-12-10-8-7-9-11-13-15-17-19-30(29(5)6)21-22-32(34)36-26-24-28(3)4/h27-30H,7-26H2,1-6H3. The molecule has 0 rings (SSSR count). The fourth-order valence-corrected chi connectivity index (χ4v) is 4.52. The third-order valence-electron chi connectivity index (χ3n) is 7.28. The highest BCUT2D eigenvalue weighted by atomic mass is 16.5. The first-order chi connectivity index (χ1) is 17.2. The third-order valence-corrected chi connectivity index (χ3v) is 7.28. The van der Waals surface area contributed by atoms with E-state index in [1.165, 1.54) is 70.6 Å². The first kappa shape index (κ1) is 34.9. The maximum atomic E-state index is 12.0. The normalized spacial score (nSPS) is 12.5. The summed E-state index contributed by atoms with van der Waals surface area (Å²) < 4.78 is 10.6. The molecule has 0 aliphatic carbocycles. The van der Waals surface area contributed by atoms with Gasteiger partial charge in [0.25, 0.3) is 0 Å². The van der Waals surface area contributed by atoms with Gasteiger partial charge >= 0.3 is 11.9 Å². The quantitative estimate of drug-likeness (QED) is 0.0906. The lowest BCUT2D eigenvalue weighted by Crippen LogP contribution is -2.13. The van der Waals surface area contributed by atoms with Crippen LogP contribution >= 0.6 is 0 Å². The Labute approximate surface area is 225 Å². The van der Waals surface area contributed by atoms with Crippen LogP contribution in [-0.2, 0) is 19.1 Å². The van der Waals surface area contributed by atoms with Crippen molar-refractivity contribution in [3.05, 3.63) is 0 Å². The molecule has 0 fully saturated rings.